The molecule has 9 heteroatoms. The summed E-state index contributed by atoms with van der Waals surface area (Å²) >= 11 is 1.43. The summed E-state index contributed by atoms with van der Waals surface area (Å²) in [5.41, 5.74) is 1.13. The van der Waals surface area contributed by atoms with Crippen molar-refractivity contribution in [2.24, 2.45) is 0 Å². The number of hydrogen-bond donors (Lipinski definition) is 2. The number of nitrogens with zero attached hydrogens (tertiary/aromatic N) is 2. The highest BCUT2D eigenvalue weighted by Crippen LogP contribution is 2.17. The number of amides is 3. The lowest BCUT2D eigenvalue weighted by Gasteiger charge is -2.34. The summed E-state index contributed by atoms with van der Waals surface area (Å²) in [5.74, 6) is -0.215. The van der Waals surface area contributed by atoms with Gasteiger partial charge in [-0.3, -0.25) is 14.4 Å². The molecule has 2 aliphatic rings. The van der Waals surface area contributed by atoms with Crippen LogP contribution in [0.4, 0.5) is 5.69 Å². The Morgan fingerprint density at radius 2 is 1.81 bits per heavy atom. The molecule has 1 aromatic carbocycles. The minimum absolute atomic E-state index is 0.0215. The maximum atomic E-state index is 12.7. The van der Waals surface area contributed by atoms with E-state index in [1.54, 1.807) is 28.0 Å². The van der Waals surface area contributed by atoms with E-state index in [0.717, 1.165) is 24.3 Å². The van der Waals surface area contributed by atoms with Gasteiger partial charge in [-0.15, -0.1) is 11.3 Å². The Bertz CT molecular complexity index is 935. The molecule has 0 spiro atoms. The molecule has 2 saturated heterocycles. The Balaban J connectivity index is 1.26. The normalized spacial score (nSPS) is 18.4. The van der Waals surface area contributed by atoms with Crippen LogP contribution in [0.25, 0.3) is 0 Å². The molecule has 32 heavy (non-hydrogen) atoms. The van der Waals surface area contributed by atoms with E-state index < -0.39 is 0 Å². The van der Waals surface area contributed by atoms with Crippen molar-refractivity contribution in [3.05, 3.63) is 52.2 Å². The van der Waals surface area contributed by atoms with Gasteiger partial charge in [0.25, 0.3) is 11.8 Å². The number of thiophene rings is 1. The summed E-state index contributed by atoms with van der Waals surface area (Å²) in [7, 11) is 0. The lowest BCUT2D eigenvalue weighted by molar-refractivity contribution is -0.130. The molecule has 2 fully saturated rings. The van der Waals surface area contributed by atoms with Crippen molar-refractivity contribution in [3.8, 4) is 0 Å². The molecule has 2 aromatic rings. The van der Waals surface area contributed by atoms with Crippen LogP contribution in [-0.4, -0.2) is 79.5 Å². The van der Waals surface area contributed by atoms with Gasteiger partial charge in [-0.05, 0) is 36.4 Å². The standard InChI is InChI=1S/C23H28N4O4S/c28-21(26-9-11-27(12-10-26)23(30)20-8-4-14-32-20)16-24-19-7-2-1-6-18(19)22(29)25-15-17-5-3-13-31-17/h1-2,4,6-8,14,17,24H,3,5,9-13,15-16H2,(H,25,29)/t17-/m1/s1. The van der Waals surface area contributed by atoms with Gasteiger partial charge in [0.1, 0.15) is 0 Å². The molecule has 0 saturated carbocycles. The van der Waals surface area contributed by atoms with Crippen LogP contribution in [-0.2, 0) is 9.53 Å². The molecule has 0 bridgehead atoms. The van der Waals surface area contributed by atoms with Gasteiger partial charge >= 0.3 is 0 Å². The van der Waals surface area contributed by atoms with Crippen LogP contribution in [0.3, 0.4) is 0 Å². The number of anilines is 1. The second-order valence-corrected chi connectivity index (χ2v) is 8.84. The highest BCUT2D eigenvalue weighted by atomic mass is 32.1. The summed E-state index contributed by atoms with van der Waals surface area (Å²) in [4.78, 5) is 42.1. The van der Waals surface area contributed by atoms with Gasteiger partial charge in [-0.25, -0.2) is 0 Å². The van der Waals surface area contributed by atoms with E-state index in [0.29, 0.717) is 44.0 Å². The number of carbonyl (C=O) groups is 3. The van der Waals surface area contributed by atoms with Crippen molar-refractivity contribution in [3.63, 3.8) is 0 Å². The van der Waals surface area contributed by atoms with Gasteiger partial charge in [0.05, 0.1) is 23.1 Å². The topological polar surface area (TPSA) is 91.0 Å². The second-order valence-electron chi connectivity index (χ2n) is 7.89. The Morgan fingerprint density at radius 3 is 2.53 bits per heavy atom. The molecule has 0 radical (unpaired) electrons. The van der Waals surface area contributed by atoms with Gasteiger partial charge in [-0.2, -0.15) is 0 Å². The fourth-order valence-electron chi connectivity index (χ4n) is 3.94. The monoisotopic (exact) mass is 456 g/mol. The number of ether oxygens (including phenoxy) is 1. The van der Waals surface area contributed by atoms with Crippen molar-refractivity contribution in [1.82, 2.24) is 15.1 Å². The van der Waals surface area contributed by atoms with Crippen molar-refractivity contribution < 1.29 is 19.1 Å². The maximum absolute atomic E-state index is 12.7. The third-order valence-corrected chi connectivity index (χ3v) is 6.63. The number of nitrogens with one attached hydrogen (secondary N) is 2. The molecule has 3 amide bonds. The van der Waals surface area contributed by atoms with E-state index in [9.17, 15) is 14.4 Å². The van der Waals surface area contributed by atoms with Crippen LogP contribution in [0.15, 0.2) is 41.8 Å². The maximum Gasteiger partial charge on any atom is 0.264 e. The van der Waals surface area contributed by atoms with E-state index in [-0.39, 0.29) is 30.4 Å². The fraction of sp³-hybridized carbons (Fsp3) is 0.435. The highest BCUT2D eigenvalue weighted by molar-refractivity contribution is 7.12. The van der Waals surface area contributed by atoms with E-state index >= 15 is 0 Å². The molecule has 3 heterocycles. The van der Waals surface area contributed by atoms with Crippen LogP contribution >= 0.6 is 11.3 Å². The predicted molar refractivity (Wildman–Crippen MR) is 123 cm³/mol. The number of rotatable bonds is 7. The molecule has 170 valence electrons. The SMILES string of the molecule is O=C(NC[C@H]1CCCO1)c1ccccc1NCC(=O)N1CCN(C(=O)c2cccs2)CC1. The number of para-hydroxylation sites is 1. The van der Waals surface area contributed by atoms with E-state index in [1.807, 2.05) is 23.6 Å². The molecule has 4 rings (SSSR count). The molecule has 0 unspecified atom stereocenters. The molecular formula is C23H28N4O4S. The summed E-state index contributed by atoms with van der Waals surface area (Å²) in [6.07, 6.45) is 2.06. The first-order valence-corrected chi connectivity index (χ1v) is 11.8. The number of hydrogen-bond acceptors (Lipinski definition) is 6. The van der Waals surface area contributed by atoms with Crippen LogP contribution in [0.5, 0.6) is 0 Å². The lowest BCUT2D eigenvalue weighted by atomic mass is 10.1. The van der Waals surface area contributed by atoms with Crippen LogP contribution in [0, 0.1) is 0 Å². The van der Waals surface area contributed by atoms with Crippen molar-refractivity contribution in [2.45, 2.75) is 18.9 Å². The molecular weight excluding hydrogens is 428 g/mol. The predicted octanol–water partition coefficient (Wildman–Crippen LogP) is 2.05. The van der Waals surface area contributed by atoms with E-state index in [4.69, 9.17) is 4.74 Å². The Labute approximate surface area is 191 Å². The minimum Gasteiger partial charge on any atom is -0.376 e. The molecule has 2 N–H and O–H groups in total. The smallest absolute Gasteiger partial charge is 0.264 e. The van der Waals surface area contributed by atoms with E-state index in [2.05, 4.69) is 10.6 Å². The van der Waals surface area contributed by atoms with Gasteiger partial charge in [0.2, 0.25) is 5.91 Å². The molecule has 0 aliphatic carbocycles. The van der Waals surface area contributed by atoms with Crippen molar-refractivity contribution >= 4 is 34.7 Å². The largest absolute Gasteiger partial charge is 0.376 e. The van der Waals surface area contributed by atoms with E-state index in [1.165, 1.54) is 11.3 Å². The number of carbonyl (C=O) groups excluding carboxylic acids is 3. The highest BCUT2D eigenvalue weighted by Gasteiger charge is 2.25. The van der Waals surface area contributed by atoms with Crippen molar-refractivity contribution in [2.75, 3.05) is 51.2 Å². The average molecular weight is 457 g/mol. The first-order valence-electron chi connectivity index (χ1n) is 10.9. The van der Waals surface area contributed by atoms with Gasteiger partial charge in [0, 0.05) is 45.0 Å². The fourth-order valence-corrected chi connectivity index (χ4v) is 4.63. The van der Waals surface area contributed by atoms with Crippen LogP contribution in [0.1, 0.15) is 32.9 Å². The molecule has 1 aromatic heterocycles. The minimum atomic E-state index is -0.184. The zero-order valence-corrected chi connectivity index (χ0v) is 18.7. The number of piperazine rings is 1. The zero-order chi connectivity index (χ0) is 22.3. The first kappa shape index (κ1) is 22.3. The number of benzene rings is 1. The average Bonchev–Trinajstić information content (AvgIpc) is 3.55. The summed E-state index contributed by atoms with van der Waals surface area (Å²) in [6, 6.07) is 10.9. The Morgan fingerprint density at radius 1 is 1.03 bits per heavy atom. The Kier molecular flexibility index (Phi) is 7.39. The lowest BCUT2D eigenvalue weighted by Crippen LogP contribution is -2.51. The van der Waals surface area contributed by atoms with Crippen LogP contribution < -0.4 is 10.6 Å². The summed E-state index contributed by atoms with van der Waals surface area (Å²) in [5, 5.41) is 7.92. The molecule has 1 atom stereocenters. The van der Waals surface area contributed by atoms with Crippen LogP contribution in [0.2, 0.25) is 0 Å². The van der Waals surface area contributed by atoms with Gasteiger partial charge in [0.15, 0.2) is 0 Å². The van der Waals surface area contributed by atoms with Crippen molar-refractivity contribution in [1.29, 1.82) is 0 Å². The Hall–Kier alpha value is -2.91. The zero-order valence-electron chi connectivity index (χ0n) is 17.9. The first-order chi connectivity index (χ1) is 15.6. The summed E-state index contributed by atoms with van der Waals surface area (Å²) in [6.45, 7) is 3.37. The van der Waals surface area contributed by atoms with Gasteiger partial charge < -0.3 is 25.2 Å². The third kappa shape index (κ3) is 5.46. The molecule has 8 nitrogen and oxygen atoms in total. The second kappa shape index (κ2) is 10.6. The summed E-state index contributed by atoms with van der Waals surface area (Å²) < 4.78 is 5.55. The quantitative estimate of drug-likeness (QED) is 0.666. The van der Waals surface area contributed by atoms with Gasteiger partial charge in [-0.1, -0.05) is 18.2 Å². The third-order valence-electron chi connectivity index (χ3n) is 5.77. The molecule has 2 aliphatic heterocycles.